The topological polar surface area (TPSA) is 56.7 Å². The number of rotatable bonds is 6. The molecule has 5 heteroatoms. The van der Waals surface area contributed by atoms with Gasteiger partial charge < -0.3 is 14.9 Å². The van der Waals surface area contributed by atoms with Gasteiger partial charge in [0.2, 0.25) is 0 Å². The minimum atomic E-state index is -0.921. The molecule has 5 nitrogen and oxygen atoms in total. The second kappa shape index (κ2) is 6.35. The molecule has 0 aliphatic heterocycles. The zero-order valence-electron chi connectivity index (χ0n) is 11.4. The molecule has 0 aliphatic carbocycles. The summed E-state index contributed by atoms with van der Waals surface area (Å²) >= 11 is 0. The fourth-order valence-electron chi connectivity index (χ4n) is 2.03. The third-order valence-corrected chi connectivity index (χ3v) is 2.79. The van der Waals surface area contributed by atoms with Gasteiger partial charge in [0, 0.05) is 25.3 Å². The van der Waals surface area contributed by atoms with Crippen molar-refractivity contribution in [3.8, 4) is 0 Å². The zero-order chi connectivity index (χ0) is 13.7. The number of likely N-dealkylation sites (N-methyl/N-ethyl adjacent to an activating group) is 2. The second-order valence-corrected chi connectivity index (χ2v) is 4.61. The van der Waals surface area contributed by atoms with Crippen LogP contribution in [0.4, 0.5) is 5.82 Å². The van der Waals surface area contributed by atoms with Crippen LogP contribution in [0, 0.1) is 0 Å². The van der Waals surface area contributed by atoms with Crippen LogP contribution in [0.3, 0.4) is 0 Å². The molecule has 18 heavy (non-hydrogen) atoms. The van der Waals surface area contributed by atoms with Crippen molar-refractivity contribution >= 4 is 11.8 Å². The highest BCUT2D eigenvalue weighted by atomic mass is 16.4. The Balaban J connectivity index is 2.94. The molecule has 1 rings (SSSR count). The van der Waals surface area contributed by atoms with Gasteiger partial charge in [0.05, 0.1) is 5.56 Å². The number of aromatic carboxylic acids is 1. The first-order valence-electron chi connectivity index (χ1n) is 6.06. The Morgan fingerprint density at radius 2 is 2.17 bits per heavy atom. The summed E-state index contributed by atoms with van der Waals surface area (Å²) in [5.41, 5.74) is 0.274. The first-order valence-corrected chi connectivity index (χ1v) is 6.06. The van der Waals surface area contributed by atoms with Gasteiger partial charge in [-0.2, -0.15) is 0 Å². The Bertz CT molecular complexity index is 407. The van der Waals surface area contributed by atoms with Gasteiger partial charge >= 0.3 is 5.97 Å². The van der Waals surface area contributed by atoms with Crippen molar-refractivity contribution < 1.29 is 9.90 Å². The number of carbonyl (C=O) groups is 1. The van der Waals surface area contributed by atoms with Gasteiger partial charge in [0.15, 0.2) is 0 Å². The number of carboxylic acid groups (broad SMARTS) is 1. The van der Waals surface area contributed by atoms with E-state index in [0.717, 1.165) is 13.1 Å². The van der Waals surface area contributed by atoms with Gasteiger partial charge in [-0.3, -0.25) is 0 Å². The Kier molecular flexibility index (Phi) is 5.09. The summed E-state index contributed by atoms with van der Waals surface area (Å²) in [4.78, 5) is 19.4. The average Bonchev–Trinajstić information content (AvgIpc) is 2.29. The maximum absolute atomic E-state index is 11.0. The van der Waals surface area contributed by atoms with Crippen LogP contribution in [-0.2, 0) is 0 Å². The summed E-state index contributed by atoms with van der Waals surface area (Å²) < 4.78 is 0. The fourth-order valence-corrected chi connectivity index (χ4v) is 2.03. The van der Waals surface area contributed by atoms with Crippen molar-refractivity contribution in [2.45, 2.75) is 19.9 Å². The minimum Gasteiger partial charge on any atom is -0.478 e. The molecule has 0 saturated carbocycles. The smallest absolute Gasteiger partial charge is 0.335 e. The van der Waals surface area contributed by atoms with E-state index in [1.807, 2.05) is 21.0 Å². The molecule has 0 spiro atoms. The number of hydrogen-bond donors (Lipinski definition) is 1. The lowest BCUT2D eigenvalue weighted by Crippen LogP contribution is -2.40. The fraction of sp³-hybridized carbons (Fsp3) is 0.538. The van der Waals surface area contributed by atoms with E-state index in [2.05, 4.69) is 21.7 Å². The molecular weight excluding hydrogens is 230 g/mol. The Labute approximate surface area is 108 Å². The van der Waals surface area contributed by atoms with E-state index >= 15 is 0 Å². The van der Waals surface area contributed by atoms with E-state index in [1.54, 1.807) is 12.3 Å². The quantitative estimate of drug-likeness (QED) is 0.831. The summed E-state index contributed by atoms with van der Waals surface area (Å²) in [5.74, 6) is -0.207. The molecule has 1 atom stereocenters. The van der Waals surface area contributed by atoms with E-state index in [-0.39, 0.29) is 11.6 Å². The number of nitrogens with zero attached hydrogens (tertiary/aromatic N) is 3. The first kappa shape index (κ1) is 14.4. The molecule has 1 aromatic rings. The maximum Gasteiger partial charge on any atom is 0.335 e. The van der Waals surface area contributed by atoms with E-state index in [0.29, 0.717) is 5.82 Å². The number of anilines is 1. The molecule has 0 saturated heterocycles. The molecule has 0 fully saturated rings. The summed E-state index contributed by atoms with van der Waals surface area (Å²) in [5, 5.41) is 8.99. The molecule has 0 bridgehead atoms. The van der Waals surface area contributed by atoms with Crippen LogP contribution in [0.25, 0.3) is 0 Å². The lowest BCUT2D eigenvalue weighted by atomic mass is 10.2. The molecule has 1 N–H and O–H groups in total. The highest BCUT2D eigenvalue weighted by molar-refractivity contribution is 5.88. The zero-order valence-corrected chi connectivity index (χ0v) is 11.4. The molecular formula is C13H21N3O2. The third-order valence-electron chi connectivity index (χ3n) is 2.79. The Hall–Kier alpha value is -1.62. The third kappa shape index (κ3) is 3.70. The van der Waals surface area contributed by atoms with Crippen LogP contribution in [-0.4, -0.2) is 54.2 Å². The van der Waals surface area contributed by atoms with Gasteiger partial charge in [-0.05, 0) is 40.1 Å². The molecule has 0 radical (unpaired) electrons. The summed E-state index contributed by atoms with van der Waals surface area (Å²) in [6, 6.07) is 3.41. The molecule has 1 heterocycles. The van der Waals surface area contributed by atoms with Gasteiger partial charge in [-0.25, -0.2) is 9.78 Å². The lowest BCUT2D eigenvalue weighted by molar-refractivity contribution is 0.0696. The van der Waals surface area contributed by atoms with Crippen molar-refractivity contribution in [3.63, 3.8) is 0 Å². The summed E-state index contributed by atoms with van der Waals surface area (Å²) in [6.07, 6.45) is 1.55. The Morgan fingerprint density at radius 1 is 1.50 bits per heavy atom. The average molecular weight is 251 g/mol. The van der Waals surface area contributed by atoms with Crippen LogP contribution in [0.2, 0.25) is 0 Å². The monoisotopic (exact) mass is 251 g/mol. The maximum atomic E-state index is 11.0. The highest BCUT2D eigenvalue weighted by Crippen LogP contribution is 2.15. The molecule has 1 aromatic heterocycles. The number of carboxylic acids is 1. The van der Waals surface area contributed by atoms with Crippen molar-refractivity contribution in [2.75, 3.05) is 32.1 Å². The van der Waals surface area contributed by atoms with E-state index in [4.69, 9.17) is 5.11 Å². The van der Waals surface area contributed by atoms with E-state index in [9.17, 15) is 4.79 Å². The van der Waals surface area contributed by atoms with Gasteiger partial charge in [-0.1, -0.05) is 0 Å². The van der Waals surface area contributed by atoms with Crippen LogP contribution in [0.5, 0.6) is 0 Å². The van der Waals surface area contributed by atoms with E-state index in [1.165, 1.54) is 6.07 Å². The highest BCUT2D eigenvalue weighted by Gasteiger charge is 2.16. The molecule has 100 valence electrons. The molecule has 0 aliphatic rings. The molecule has 0 aromatic carbocycles. The van der Waals surface area contributed by atoms with Crippen molar-refractivity contribution in [1.29, 1.82) is 0 Å². The first-order chi connectivity index (χ1) is 8.45. The van der Waals surface area contributed by atoms with Gasteiger partial charge in [0.25, 0.3) is 0 Å². The normalized spacial score (nSPS) is 12.5. The molecule has 1 unspecified atom stereocenters. The van der Waals surface area contributed by atoms with Crippen molar-refractivity contribution in [2.24, 2.45) is 0 Å². The van der Waals surface area contributed by atoms with E-state index < -0.39 is 5.97 Å². The SMILES string of the molecule is CCN(c1cc(C(=O)O)ccn1)C(C)CN(C)C. The minimum absolute atomic E-state index is 0.274. The predicted molar refractivity (Wildman–Crippen MR) is 72.2 cm³/mol. The largest absolute Gasteiger partial charge is 0.478 e. The number of aromatic nitrogens is 1. The van der Waals surface area contributed by atoms with Gasteiger partial charge in [0.1, 0.15) is 5.82 Å². The van der Waals surface area contributed by atoms with Crippen molar-refractivity contribution in [3.05, 3.63) is 23.9 Å². The van der Waals surface area contributed by atoms with Crippen LogP contribution in [0.15, 0.2) is 18.3 Å². The van der Waals surface area contributed by atoms with Crippen LogP contribution >= 0.6 is 0 Å². The number of pyridine rings is 1. The number of hydrogen-bond acceptors (Lipinski definition) is 4. The van der Waals surface area contributed by atoms with Crippen LogP contribution in [0.1, 0.15) is 24.2 Å². The van der Waals surface area contributed by atoms with Gasteiger partial charge in [-0.15, -0.1) is 0 Å². The predicted octanol–water partition coefficient (Wildman–Crippen LogP) is 1.56. The van der Waals surface area contributed by atoms with Crippen molar-refractivity contribution in [1.82, 2.24) is 9.88 Å². The second-order valence-electron chi connectivity index (χ2n) is 4.61. The Morgan fingerprint density at radius 3 is 2.67 bits per heavy atom. The van der Waals surface area contributed by atoms with Crippen LogP contribution < -0.4 is 4.90 Å². The standard InChI is InChI=1S/C13H21N3O2/c1-5-16(10(2)9-15(3)4)12-8-11(13(17)18)6-7-14-12/h6-8,10H,5,9H2,1-4H3,(H,17,18). The lowest BCUT2D eigenvalue weighted by Gasteiger charge is -2.31. The summed E-state index contributed by atoms with van der Waals surface area (Å²) in [7, 11) is 4.04. The molecule has 0 amide bonds. The summed E-state index contributed by atoms with van der Waals surface area (Å²) in [6.45, 7) is 5.85.